The molecular formula is C22H14F7N5O. The molecule has 0 fully saturated rings. The van der Waals surface area contributed by atoms with E-state index in [0.29, 0.717) is 12.1 Å². The van der Waals surface area contributed by atoms with Gasteiger partial charge in [-0.05, 0) is 42.0 Å². The maximum absolute atomic E-state index is 13.8. The van der Waals surface area contributed by atoms with Gasteiger partial charge in [0.25, 0.3) is 0 Å². The van der Waals surface area contributed by atoms with E-state index in [0.717, 1.165) is 27.5 Å². The number of imidazole rings is 1. The van der Waals surface area contributed by atoms with Crippen LogP contribution in [0.25, 0.3) is 28.2 Å². The van der Waals surface area contributed by atoms with E-state index in [4.69, 9.17) is 5.73 Å². The van der Waals surface area contributed by atoms with Gasteiger partial charge in [-0.1, -0.05) is 0 Å². The summed E-state index contributed by atoms with van der Waals surface area (Å²) in [7, 11) is 1.35. The molecule has 0 unspecified atom stereocenters. The second kappa shape index (κ2) is 8.25. The Kier molecular flexibility index (Phi) is 5.65. The Morgan fingerprint density at radius 1 is 0.886 bits per heavy atom. The van der Waals surface area contributed by atoms with Crippen LogP contribution < -0.4 is 11.4 Å². The molecule has 3 heterocycles. The quantitative estimate of drug-likeness (QED) is 0.402. The minimum absolute atomic E-state index is 0.0264. The number of nitrogen functional groups attached to an aromatic ring is 1. The summed E-state index contributed by atoms with van der Waals surface area (Å²) in [6.45, 7) is 0. The van der Waals surface area contributed by atoms with E-state index in [-0.39, 0.29) is 28.2 Å². The molecule has 0 amide bonds. The van der Waals surface area contributed by atoms with Crippen molar-refractivity contribution in [3.63, 3.8) is 0 Å². The summed E-state index contributed by atoms with van der Waals surface area (Å²) in [5.74, 6) is -2.22. The van der Waals surface area contributed by atoms with Crippen LogP contribution in [0.15, 0.2) is 59.8 Å². The molecule has 1 aromatic carbocycles. The van der Waals surface area contributed by atoms with Gasteiger partial charge in [0.1, 0.15) is 11.6 Å². The Morgan fingerprint density at radius 2 is 1.57 bits per heavy atom. The van der Waals surface area contributed by atoms with Crippen LogP contribution >= 0.6 is 0 Å². The zero-order chi connectivity index (χ0) is 25.7. The topological polar surface area (TPSA) is 78.7 Å². The van der Waals surface area contributed by atoms with E-state index < -0.39 is 40.8 Å². The summed E-state index contributed by atoms with van der Waals surface area (Å²) in [6, 6.07) is 5.61. The highest BCUT2D eigenvalue weighted by Gasteiger charge is 2.35. The average molecular weight is 497 g/mol. The molecule has 0 bridgehead atoms. The number of rotatable bonds is 3. The lowest BCUT2D eigenvalue weighted by Crippen LogP contribution is -2.22. The molecule has 2 N–H and O–H groups in total. The van der Waals surface area contributed by atoms with E-state index in [1.165, 1.54) is 31.6 Å². The first kappa shape index (κ1) is 24.0. The number of aromatic nitrogens is 4. The fourth-order valence-corrected chi connectivity index (χ4v) is 3.47. The van der Waals surface area contributed by atoms with Crippen LogP contribution in [0.3, 0.4) is 0 Å². The predicted octanol–water partition coefficient (Wildman–Crippen LogP) is 5.06. The number of aryl methyl sites for hydroxylation is 1. The van der Waals surface area contributed by atoms with Gasteiger partial charge in [0.15, 0.2) is 0 Å². The van der Waals surface area contributed by atoms with Crippen LogP contribution in [-0.4, -0.2) is 19.1 Å². The number of hydrogen-bond donors (Lipinski definition) is 1. The van der Waals surface area contributed by atoms with Crippen molar-refractivity contribution in [2.24, 2.45) is 7.05 Å². The van der Waals surface area contributed by atoms with E-state index in [2.05, 4.69) is 9.97 Å². The van der Waals surface area contributed by atoms with Crippen molar-refractivity contribution < 1.29 is 30.7 Å². The highest BCUT2D eigenvalue weighted by molar-refractivity contribution is 5.71. The van der Waals surface area contributed by atoms with Gasteiger partial charge < -0.3 is 10.3 Å². The van der Waals surface area contributed by atoms with Crippen LogP contribution in [0.4, 0.5) is 36.6 Å². The van der Waals surface area contributed by atoms with Crippen molar-refractivity contribution in [2.45, 2.75) is 12.4 Å². The van der Waals surface area contributed by atoms with Gasteiger partial charge in [0, 0.05) is 31.2 Å². The summed E-state index contributed by atoms with van der Waals surface area (Å²) < 4.78 is 95.1. The highest BCUT2D eigenvalue weighted by atomic mass is 19.4. The predicted molar refractivity (Wildman–Crippen MR) is 112 cm³/mol. The number of anilines is 1. The maximum atomic E-state index is 13.8. The van der Waals surface area contributed by atoms with Gasteiger partial charge in [-0.3, -0.25) is 9.55 Å². The molecular weight excluding hydrogens is 483 g/mol. The molecule has 35 heavy (non-hydrogen) atoms. The van der Waals surface area contributed by atoms with Gasteiger partial charge in [0.05, 0.1) is 28.2 Å². The number of halogens is 7. The summed E-state index contributed by atoms with van der Waals surface area (Å²) in [5, 5.41) is 0. The summed E-state index contributed by atoms with van der Waals surface area (Å²) in [5.41, 5.74) is 1.96. The van der Waals surface area contributed by atoms with Gasteiger partial charge in [-0.2, -0.15) is 26.3 Å². The maximum Gasteiger partial charge on any atom is 0.419 e. The number of nitrogens with two attached hydrogens (primary N) is 1. The molecule has 13 heteroatoms. The summed E-state index contributed by atoms with van der Waals surface area (Å²) >= 11 is 0. The standard InChI is InChI=1S/C22H14F7N5O/c1-33-10-18(34(20(33)35)13-2-3-16(23)14(8-13)21(24,25)26)17-7-11(4-5-31-17)12-6-15(22(27,28)29)19(30)32-9-12/h2-10H,1H3,(H2,30,32). The summed E-state index contributed by atoms with van der Waals surface area (Å²) in [6.07, 6.45) is -6.09. The molecule has 0 radical (unpaired) electrons. The molecule has 0 saturated heterocycles. The van der Waals surface area contributed by atoms with E-state index in [9.17, 15) is 35.5 Å². The Labute approximate surface area is 192 Å². The molecule has 0 saturated carbocycles. The Hall–Kier alpha value is -4.16. The zero-order valence-electron chi connectivity index (χ0n) is 17.6. The molecule has 4 rings (SSSR count). The number of hydrogen-bond acceptors (Lipinski definition) is 4. The number of nitrogens with zero attached hydrogens (tertiary/aromatic N) is 4. The van der Waals surface area contributed by atoms with Crippen molar-refractivity contribution in [1.82, 2.24) is 19.1 Å². The van der Waals surface area contributed by atoms with Crippen molar-refractivity contribution in [2.75, 3.05) is 5.73 Å². The van der Waals surface area contributed by atoms with Crippen molar-refractivity contribution in [1.29, 1.82) is 0 Å². The first-order valence-corrected chi connectivity index (χ1v) is 9.72. The Morgan fingerprint density at radius 3 is 2.23 bits per heavy atom. The smallest absolute Gasteiger partial charge is 0.383 e. The normalized spacial score (nSPS) is 12.2. The molecule has 4 aromatic rings. The molecule has 0 aliphatic carbocycles. The lowest BCUT2D eigenvalue weighted by atomic mass is 10.0. The van der Waals surface area contributed by atoms with Crippen LogP contribution in [0, 0.1) is 5.82 Å². The molecule has 0 spiro atoms. The first-order valence-electron chi connectivity index (χ1n) is 9.72. The third kappa shape index (κ3) is 4.48. The fourth-order valence-electron chi connectivity index (χ4n) is 3.47. The molecule has 0 aliphatic heterocycles. The van der Waals surface area contributed by atoms with Gasteiger partial charge >= 0.3 is 18.0 Å². The highest BCUT2D eigenvalue weighted by Crippen LogP contribution is 2.36. The van der Waals surface area contributed by atoms with Gasteiger partial charge in [0.2, 0.25) is 0 Å². The van der Waals surface area contributed by atoms with Crippen LogP contribution in [0.2, 0.25) is 0 Å². The Balaban J connectivity index is 1.87. The van der Waals surface area contributed by atoms with E-state index in [1.807, 2.05) is 0 Å². The van der Waals surface area contributed by atoms with E-state index >= 15 is 0 Å². The van der Waals surface area contributed by atoms with Crippen LogP contribution in [-0.2, 0) is 19.4 Å². The molecule has 6 nitrogen and oxygen atoms in total. The minimum Gasteiger partial charge on any atom is -0.383 e. The minimum atomic E-state index is -5.00. The van der Waals surface area contributed by atoms with Crippen LogP contribution in [0.5, 0.6) is 0 Å². The molecule has 182 valence electrons. The lowest BCUT2D eigenvalue weighted by molar-refractivity contribution is -0.140. The SMILES string of the molecule is Cn1cc(-c2cc(-c3cnc(N)c(C(F)(F)F)c3)ccn2)n(-c2ccc(F)c(C(F)(F)F)c2)c1=O. The largest absolute Gasteiger partial charge is 0.419 e. The van der Waals surface area contributed by atoms with Crippen molar-refractivity contribution in [3.8, 4) is 28.2 Å². The van der Waals surface area contributed by atoms with E-state index in [1.54, 1.807) is 0 Å². The molecule has 0 aliphatic rings. The fraction of sp³-hybridized carbons (Fsp3) is 0.136. The second-order valence-corrected chi connectivity index (χ2v) is 7.49. The Bertz CT molecular complexity index is 1490. The molecule has 0 atom stereocenters. The second-order valence-electron chi connectivity index (χ2n) is 7.49. The van der Waals surface area contributed by atoms with Crippen LogP contribution in [0.1, 0.15) is 11.1 Å². The lowest BCUT2D eigenvalue weighted by Gasteiger charge is -2.13. The number of alkyl halides is 6. The first-order chi connectivity index (χ1) is 16.3. The average Bonchev–Trinajstić information content (AvgIpc) is 3.07. The third-order valence-corrected chi connectivity index (χ3v) is 5.14. The number of pyridine rings is 2. The third-order valence-electron chi connectivity index (χ3n) is 5.14. The summed E-state index contributed by atoms with van der Waals surface area (Å²) in [4.78, 5) is 20.4. The monoisotopic (exact) mass is 497 g/mol. The number of benzene rings is 1. The van der Waals surface area contributed by atoms with Crippen molar-refractivity contribution >= 4 is 5.82 Å². The van der Waals surface area contributed by atoms with Gasteiger partial charge in [-0.25, -0.2) is 14.2 Å². The molecule has 3 aromatic heterocycles. The van der Waals surface area contributed by atoms with Crippen molar-refractivity contribution in [3.05, 3.63) is 82.4 Å². The zero-order valence-corrected chi connectivity index (χ0v) is 17.6. The van der Waals surface area contributed by atoms with Gasteiger partial charge in [-0.15, -0.1) is 0 Å².